The molecule has 6 nitrogen and oxygen atoms in total. The monoisotopic (exact) mass is 562 g/mol. The van der Waals surface area contributed by atoms with Gasteiger partial charge in [0, 0.05) is 21.4 Å². The normalized spacial score (nSPS) is 10.6. The van der Waals surface area contributed by atoms with Crippen molar-refractivity contribution in [3.63, 3.8) is 0 Å². The van der Waals surface area contributed by atoms with Crippen LogP contribution in [0.15, 0.2) is 84.9 Å². The lowest BCUT2D eigenvalue weighted by atomic mass is 10.0. The molecule has 0 heterocycles. The number of ether oxygens (including phenoxy) is 2. The summed E-state index contributed by atoms with van der Waals surface area (Å²) < 4.78 is 11.1. The molecule has 4 rings (SSSR count). The van der Waals surface area contributed by atoms with Crippen LogP contribution in [0, 0.1) is 13.8 Å². The van der Waals surface area contributed by atoms with Crippen molar-refractivity contribution in [1.29, 1.82) is 0 Å². The van der Waals surface area contributed by atoms with Crippen LogP contribution in [0.25, 0.3) is 0 Å². The average Bonchev–Trinajstić information content (AvgIpc) is 2.92. The van der Waals surface area contributed by atoms with Crippen LogP contribution in [0.3, 0.4) is 0 Å². The Kier molecular flexibility index (Phi) is 9.47. The highest BCUT2D eigenvalue weighted by Gasteiger charge is 2.07. The van der Waals surface area contributed by atoms with Crippen LogP contribution in [0.1, 0.15) is 22.3 Å². The van der Waals surface area contributed by atoms with E-state index in [9.17, 15) is 9.59 Å². The molecular formula is C31H28Cl2N2O4. The molecule has 8 heteroatoms. The number of carbonyl (C=O) groups is 2. The first-order valence-electron chi connectivity index (χ1n) is 12.3. The van der Waals surface area contributed by atoms with Gasteiger partial charge in [0.15, 0.2) is 13.2 Å². The minimum atomic E-state index is -0.248. The first kappa shape index (κ1) is 28.0. The molecule has 0 saturated heterocycles. The lowest BCUT2D eigenvalue weighted by Crippen LogP contribution is -2.20. The van der Waals surface area contributed by atoms with E-state index < -0.39 is 0 Å². The van der Waals surface area contributed by atoms with Gasteiger partial charge in [-0.1, -0.05) is 47.5 Å². The Morgan fingerprint density at radius 3 is 1.36 bits per heavy atom. The Balaban J connectivity index is 1.21. The van der Waals surface area contributed by atoms with Crippen molar-refractivity contribution in [3.8, 4) is 11.5 Å². The molecule has 39 heavy (non-hydrogen) atoms. The maximum Gasteiger partial charge on any atom is 0.262 e. The van der Waals surface area contributed by atoms with Crippen LogP contribution in [-0.2, 0) is 16.0 Å². The van der Waals surface area contributed by atoms with E-state index in [2.05, 4.69) is 10.6 Å². The Hall–Kier alpha value is -4.00. The molecule has 4 aromatic rings. The summed E-state index contributed by atoms with van der Waals surface area (Å²) in [5.74, 6) is 0.687. The zero-order valence-electron chi connectivity index (χ0n) is 21.6. The molecule has 0 spiro atoms. The summed E-state index contributed by atoms with van der Waals surface area (Å²) in [6.45, 7) is 3.56. The zero-order valence-corrected chi connectivity index (χ0v) is 23.1. The van der Waals surface area contributed by atoms with Gasteiger partial charge >= 0.3 is 0 Å². The number of carbonyl (C=O) groups excluding carboxylic acids is 2. The predicted molar refractivity (Wildman–Crippen MR) is 156 cm³/mol. The molecule has 0 atom stereocenters. The summed E-state index contributed by atoms with van der Waals surface area (Å²) in [5.41, 5.74) is 5.33. The predicted octanol–water partition coefficient (Wildman–Crippen LogP) is 7.24. The van der Waals surface area contributed by atoms with Crippen molar-refractivity contribution in [3.05, 3.63) is 117 Å². The molecule has 0 bridgehead atoms. The molecule has 0 aliphatic heterocycles. The SMILES string of the molecule is Cc1cc(OCC(=O)Nc2ccc(Cc3ccc(NC(=O)COc4ccc(Cl)c(C)c4)cc3)cc2)ccc1Cl. The molecule has 0 aliphatic rings. The summed E-state index contributed by atoms with van der Waals surface area (Å²) in [7, 11) is 0. The fourth-order valence-electron chi connectivity index (χ4n) is 3.75. The van der Waals surface area contributed by atoms with Gasteiger partial charge in [-0.15, -0.1) is 0 Å². The van der Waals surface area contributed by atoms with Crippen LogP contribution in [0.2, 0.25) is 10.0 Å². The van der Waals surface area contributed by atoms with E-state index in [-0.39, 0.29) is 25.0 Å². The van der Waals surface area contributed by atoms with Crippen molar-refractivity contribution in [1.82, 2.24) is 0 Å². The van der Waals surface area contributed by atoms with Gasteiger partial charge < -0.3 is 20.1 Å². The second-order valence-corrected chi connectivity index (χ2v) is 9.88. The van der Waals surface area contributed by atoms with Gasteiger partial charge in [0.05, 0.1) is 0 Å². The quantitative estimate of drug-likeness (QED) is 0.213. The first-order valence-corrected chi connectivity index (χ1v) is 13.1. The maximum absolute atomic E-state index is 12.3. The molecule has 2 amide bonds. The van der Waals surface area contributed by atoms with E-state index in [1.54, 1.807) is 36.4 Å². The van der Waals surface area contributed by atoms with E-state index in [1.165, 1.54) is 0 Å². The van der Waals surface area contributed by atoms with Crippen LogP contribution < -0.4 is 20.1 Å². The van der Waals surface area contributed by atoms with Crippen molar-refractivity contribution >= 4 is 46.4 Å². The van der Waals surface area contributed by atoms with E-state index in [4.69, 9.17) is 32.7 Å². The van der Waals surface area contributed by atoms with E-state index in [0.717, 1.165) is 22.3 Å². The second-order valence-electron chi connectivity index (χ2n) is 9.07. The minimum Gasteiger partial charge on any atom is -0.484 e. The van der Waals surface area contributed by atoms with Gasteiger partial charge in [0.1, 0.15) is 11.5 Å². The lowest BCUT2D eigenvalue weighted by molar-refractivity contribution is -0.118. The van der Waals surface area contributed by atoms with Crippen LogP contribution in [0.5, 0.6) is 11.5 Å². The van der Waals surface area contributed by atoms with Gasteiger partial charge in [-0.05, 0) is 103 Å². The fraction of sp³-hybridized carbons (Fsp3) is 0.161. The number of benzene rings is 4. The highest BCUT2D eigenvalue weighted by atomic mass is 35.5. The average molecular weight is 563 g/mol. The molecule has 0 saturated carbocycles. The third-order valence-electron chi connectivity index (χ3n) is 5.88. The highest BCUT2D eigenvalue weighted by Crippen LogP contribution is 2.22. The zero-order chi connectivity index (χ0) is 27.8. The van der Waals surface area contributed by atoms with Gasteiger partial charge in [0.2, 0.25) is 0 Å². The Labute approximate surface area is 237 Å². The largest absolute Gasteiger partial charge is 0.484 e. The topological polar surface area (TPSA) is 76.7 Å². The van der Waals surface area contributed by atoms with E-state index in [0.29, 0.717) is 39.3 Å². The summed E-state index contributed by atoms with van der Waals surface area (Å²) in [4.78, 5) is 24.5. The number of halogens is 2. The second kappa shape index (κ2) is 13.2. The maximum atomic E-state index is 12.3. The molecule has 200 valence electrons. The Bertz CT molecular complexity index is 1340. The minimum absolute atomic E-state index is 0.0986. The molecule has 0 aliphatic carbocycles. The number of hydrogen-bond donors (Lipinski definition) is 2. The molecule has 4 aromatic carbocycles. The van der Waals surface area contributed by atoms with Gasteiger partial charge in [-0.25, -0.2) is 0 Å². The Morgan fingerprint density at radius 1 is 0.615 bits per heavy atom. The number of anilines is 2. The molecule has 0 aromatic heterocycles. The van der Waals surface area contributed by atoms with Crippen LogP contribution in [0.4, 0.5) is 11.4 Å². The molecule has 0 unspecified atom stereocenters. The summed E-state index contributed by atoms with van der Waals surface area (Å²) in [6.07, 6.45) is 0.709. The molecular weight excluding hydrogens is 535 g/mol. The molecule has 0 fully saturated rings. The highest BCUT2D eigenvalue weighted by molar-refractivity contribution is 6.31. The number of aryl methyl sites for hydroxylation is 2. The number of rotatable bonds is 10. The van der Waals surface area contributed by atoms with Crippen molar-refractivity contribution in [2.45, 2.75) is 20.3 Å². The standard InChI is InChI=1S/C31H28Cl2N2O4/c1-20-15-26(11-13-28(20)32)38-18-30(36)34-24-7-3-22(4-8-24)17-23-5-9-25(10-6-23)35-31(37)19-39-27-12-14-29(33)21(2)16-27/h3-16H,17-19H2,1-2H3,(H,34,36)(H,35,37). The number of amides is 2. The Morgan fingerprint density at radius 2 is 1.00 bits per heavy atom. The molecule has 2 N–H and O–H groups in total. The third kappa shape index (κ3) is 8.50. The first-order chi connectivity index (χ1) is 18.7. The molecule has 0 radical (unpaired) electrons. The fourth-order valence-corrected chi connectivity index (χ4v) is 3.99. The number of hydrogen-bond acceptors (Lipinski definition) is 4. The number of nitrogens with one attached hydrogen (secondary N) is 2. The summed E-state index contributed by atoms with van der Waals surface area (Å²) >= 11 is 12.0. The van der Waals surface area contributed by atoms with Crippen LogP contribution in [-0.4, -0.2) is 25.0 Å². The van der Waals surface area contributed by atoms with Crippen molar-refractivity contribution in [2.24, 2.45) is 0 Å². The van der Waals surface area contributed by atoms with E-state index >= 15 is 0 Å². The van der Waals surface area contributed by atoms with Gasteiger partial charge in [0.25, 0.3) is 11.8 Å². The third-order valence-corrected chi connectivity index (χ3v) is 6.73. The van der Waals surface area contributed by atoms with Crippen molar-refractivity contribution in [2.75, 3.05) is 23.8 Å². The van der Waals surface area contributed by atoms with E-state index in [1.807, 2.05) is 62.4 Å². The summed E-state index contributed by atoms with van der Waals surface area (Å²) in [6, 6.07) is 25.8. The van der Waals surface area contributed by atoms with Gasteiger partial charge in [-0.3, -0.25) is 9.59 Å². The smallest absolute Gasteiger partial charge is 0.262 e. The van der Waals surface area contributed by atoms with Crippen LogP contribution >= 0.6 is 23.2 Å². The summed E-state index contributed by atoms with van der Waals surface area (Å²) in [5, 5.41) is 6.98. The van der Waals surface area contributed by atoms with Crippen molar-refractivity contribution < 1.29 is 19.1 Å². The lowest BCUT2D eigenvalue weighted by Gasteiger charge is -2.10. The van der Waals surface area contributed by atoms with Gasteiger partial charge in [-0.2, -0.15) is 0 Å².